The first-order chi connectivity index (χ1) is 7.93. The first-order valence-electron chi connectivity index (χ1n) is 6.03. The van der Waals surface area contributed by atoms with Gasteiger partial charge in [0.15, 0.2) is 0 Å². The Kier molecular flexibility index (Phi) is 7.30. The Balaban J connectivity index is 0.000000405. The van der Waals surface area contributed by atoms with Crippen LogP contribution in [0.5, 0.6) is 0 Å². The van der Waals surface area contributed by atoms with Gasteiger partial charge in [0.1, 0.15) is 0 Å². The molecule has 0 N–H and O–H groups in total. The average molecular weight is 301 g/mol. The summed E-state index contributed by atoms with van der Waals surface area (Å²) in [5.41, 5.74) is 1.40. The molecule has 0 bridgehead atoms. The van der Waals surface area contributed by atoms with E-state index in [0.29, 0.717) is 0 Å². The molecule has 100 valence electrons. The van der Waals surface area contributed by atoms with Crippen LogP contribution in [0.1, 0.15) is 0 Å². The zero-order valence-corrected chi connectivity index (χ0v) is 14.0. The number of anilines is 1. The van der Waals surface area contributed by atoms with E-state index in [1.165, 1.54) is 5.69 Å². The molecule has 2 aromatic carbocycles. The van der Waals surface area contributed by atoms with Gasteiger partial charge >= 0.3 is 17.1 Å². The third-order valence-electron chi connectivity index (χ3n) is 2.64. The molecule has 0 saturated heterocycles. The van der Waals surface area contributed by atoms with Gasteiger partial charge in [-0.3, -0.25) is 0 Å². The van der Waals surface area contributed by atoms with Crippen LogP contribution in [0.3, 0.4) is 0 Å². The Hall–Kier alpha value is -0.764. The van der Waals surface area contributed by atoms with Crippen LogP contribution < -0.4 is 10.1 Å². The van der Waals surface area contributed by atoms with Crippen molar-refractivity contribution in [1.82, 2.24) is 0 Å². The summed E-state index contributed by atoms with van der Waals surface area (Å²) in [5.74, 6) is 0. The summed E-state index contributed by atoms with van der Waals surface area (Å²) in [6, 6.07) is 16.6. The number of hydrogen-bond donors (Lipinski definition) is 0. The molecule has 0 saturated carbocycles. The summed E-state index contributed by atoms with van der Waals surface area (Å²) in [4.78, 5) is 2.20. The van der Waals surface area contributed by atoms with Gasteiger partial charge in [-0.2, -0.15) is 30.3 Å². The number of hydrogen-bond acceptors (Lipinski definition) is 1. The van der Waals surface area contributed by atoms with Crippen molar-refractivity contribution in [2.45, 2.75) is 19.6 Å². The largest absolute Gasteiger partial charge is 2.00 e. The molecule has 0 amide bonds. The van der Waals surface area contributed by atoms with Crippen molar-refractivity contribution in [2.24, 2.45) is 0 Å². The van der Waals surface area contributed by atoms with Crippen molar-refractivity contribution in [3.8, 4) is 0 Å². The Morgan fingerprint density at radius 1 is 1.06 bits per heavy atom. The molecule has 0 radical (unpaired) electrons. The predicted molar refractivity (Wildman–Crippen MR) is 81.4 cm³/mol. The maximum Gasteiger partial charge on any atom is 2.00 e. The molecule has 3 heteroatoms. The van der Waals surface area contributed by atoms with Gasteiger partial charge < -0.3 is 4.90 Å². The van der Waals surface area contributed by atoms with Gasteiger partial charge in [0.2, 0.25) is 0 Å². The van der Waals surface area contributed by atoms with Crippen LogP contribution in [0.25, 0.3) is 0 Å². The van der Waals surface area contributed by atoms with E-state index in [0.717, 1.165) is 0 Å². The maximum atomic E-state index is 2.38. The predicted octanol–water partition coefficient (Wildman–Crippen LogP) is 3.42. The van der Waals surface area contributed by atoms with Gasteiger partial charge in [0, 0.05) is 22.2 Å². The topological polar surface area (TPSA) is 3.24 Å². The van der Waals surface area contributed by atoms with E-state index >= 15 is 0 Å². The van der Waals surface area contributed by atoms with Crippen LogP contribution in [0.2, 0.25) is 19.6 Å². The Morgan fingerprint density at radius 3 is 1.89 bits per heavy atom. The van der Waals surface area contributed by atoms with E-state index < -0.39 is 8.07 Å². The second-order valence-corrected chi connectivity index (χ2v) is 10.5. The fourth-order valence-electron chi connectivity index (χ4n) is 1.76. The molecule has 0 aliphatic heterocycles. The first kappa shape index (κ1) is 17.2. The SMILES string of the molecule is CN(C)c1ccc[c-]1[Si](C)(C)C.[Fe+2].c1cc[cH-]c1. The minimum Gasteiger partial charge on any atom is -0.400 e. The normalized spacial score (nSPS) is 10.1. The number of rotatable bonds is 2. The van der Waals surface area contributed by atoms with Crippen molar-refractivity contribution in [2.75, 3.05) is 19.0 Å². The van der Waals surface area contributed by atoms with Crippen LogP contribution in [0.4, 0.5) is 5.69 Å². The zero-order valence-electron chi connectivity index (χ0n) is 11.9. The van der Waals surface area contributed by atoms with Gasteiger partial charge in [-0.1, -0.05) is 25.3 Å². The molecule has 2 rings (SSSR count). The molecule has 2 aromatic rings. The van der Waals surface area contributed by atoms with Gasteiger partial charge in [-0.15, -0.1) is 5.19 Å². The summed E-state index contributed by atoms with van der Waals surface area (Å²) in [6.07, 6.45) is 0. The second kappa shape index (κ2) is 7.62. The van der Waals surface area contributed by atoms with E-state index in [1.54, 1.807) is 5.19 Å². The van der Waals surface area contributed by atoms with Crippen LogP contribution in [0, 0.1) is 0 Å². The van der Waals surface area contributed by atoms with Crippen molar-refractivity contribution in [3.05, 3.63) is 48.5 Å². The monoisotopic (exact) mass is 301 g/mol. The molecule has 0 fully saturated rings. The summed E-state index contributed by atoms with van der Waals surface area (Å²) < 4.78 is 0. The Labute approximate surface area is 123 Å². The molecule has 0 spiro atoms. The average Bonchev–Trinajstić information content (AvgIpc) is 2.92. The van der Waals surface area contributed by atoms with E-state index in [9.17, 15) is 0 Å². The van der Waals surface area contributed by atoms with Crippen LogP contribution >= 0.6 is 0 Å². The summed E-state index contributed by atoms with van der Waals surface area (Å²) >= 11 is 0. The molecule has 0 heterocycles. The molecule has 0 atom stereocenters. The Morgan fingerprint density at radius 2 is 1.61 bits per heavy atom. The first-order valence-corrected chi connectivity index (χ1v) is 9.53. The summed E-state index contributed by atoms with van der Waals surface area (Å²) in [6.45, 7) is 7.15. The van der Waals surface area contributed by atoms with Gasteiger partial charge in [-0.25, -0.2) is 18.2 Å². The standard InChI is InChI=1S/C10H18NSi.C5H5.Fe/c1-11(2)9-7-6-8-10(9)12(3,4)5;1-2-4-5-3-1;/h6-8H,1-5H3;1-5H;/q2*-1;+2. The van der Waals surface area contributed by atoms with E-state index in [1.807, 2.05) is 30.3 Å². The van der Waals surface area contributed by atoms with E-state index in [-0.39, 0.29) is 17.1 Å². The molecule has 1 nitrogen and oxygen atoms in total. The fourth-order valence-corrected chi connectivity index (χ4v) is 3.43. The van der Waals surface area contributed by atoms with Crippen molar-refractivity contribution in [3.63, 3.8) is 0 Å². The summed E-state index contributed by atoms with van der Waals surface area (Å²) in [5, 5.41) is 1.56. The summed E-state index contributed by atoms with van der Waals surface area (Å²) in [7, 11) is 3.09. The van der Waals surface area contributed by atoms with Crippen LogP contribution in [-0.4, -0.2) is 22.2 Å². The fraction of sp³-hybridized carbons (Fsp3) is 0.333. The van der Waals surface area contributed by atoms with Crippen molar-refractivity contribution in [1.29, 1.82) is 0 Å². The van der Waals surface area contributed by atoms with Crippen LogP contribution in [-0.2, 0) is 17.1 Å². The third kappa shape index (κ3) is 5.26. The van der Waals surface area contributed by atoms with Crippen LogP contribution in [0.15, 0.2) is 48.5 Å². The van der Waals surface area contributed by atoms with E-state index in [2.05, 4.69) is 56.8 Å². The second-order valence-electron chi connectivity index (χ2n) is 5.43. The molecule has 18 heavy (non-hydrogen) atoms. The Bertz CT molecular complexity index is 393. The van der Waals surface area contributed by atoms with Crippen molar-refractivity contribution >= 4 is 18.9 Å². The maximum absolute atomic E-state index is 2.38. The van der Waals surface area contributed by atoms with E-state index in [4.69, 9.17) is 0 Å². The van der Waals surface area contributed by atoms with Gasteiger partial charge in [0.05, 0.1) is 0 Å². The molecular formula is C15H23FeNSi. The molecule has 0 aliphatic rings. The molecule has 0 aliphatic carbocycles. The quantitative estimate of drug-likeness (QED) is 0.607. The zero-order chi connectivity index (χ0) is 12.9. The molecular weight excluding hydrogens is 278 g/mol. The minimum absolute atomic E-state index is 0. The van der Waals surface area contributed by atoms with Crippen molar-refractivity contribution < 1.29 is 17.1 Å². The molecule has 0 aromatic heterocycles. The van der Waals surface area contributed by atoms with Gasteiger partial charge in [-0.05, 0) is 0 Å². The smallest absolute Gasteiger partial charge is 0.400 e. The molecule has 0 unspecified atom stereocenters. The minimum atomic E-state index is -1.13. The van der Waals surface area contributed by atoms with Gasteiger partial charge in [0.25, 0.3) is 0 Å². The number of nitrogens with zero attached hydrogens (tertiary/aromatic N) is 1. The third-order valence-corrected chi connectivity index (χ3v) is 4.68.